The molecule has 0 aliphatic carbocycles. The predicted molar refractivity (Wildman–Crippen MR) is 122 cm³/mol. The SMILES string of the molecule is Cl.Cl.O=C(NCc1ccc(CN2CCCCC2)cc1)c1cn(C2CCNCC2)nn1. The normalized spacial score (nSPS) is 17.6. The number of likely N-dealkylation sites (tertiary alicyclic amines) is 1. The van der Waals surface area contributed by atoms with Gasteiger partial charge in [-0.05, 0) is 63.0 Å². The van der Waals surface area contributed by atoms with Gasteiger partial charge in [0.2, 0.25) is 0 Å². The Hall–Kier alpha value is -1.67. The van der Waals surface area contributed by atoms with E-state index in [1.165, 1.54) is 37.9 Å². The molecule has 2 aliphatic heterocycles. The van der Waals surface area contributed by atoms with Crippen LogP contribution in [0.4, 0.5) is 0 Å². The Morgan fingerprint density at radius 1 is 1.03 bits per heavy atom. The molecule has 0 radical (unpaired) electrons. The van der Waals surface area contributed by atoms with Crippen LogP contribution in [0, 0.1) is 0 Å². The van der Waals surface area contributed by atoms with Gasteiger partial charge in [0.15, 0.2) is 5.69 Å². The molecule has 9 heteroatoms. The van der Waals surface area contributed by atoms with Crippen molar-refractivity contribution in [2.75, 3.05) is 26.2 Å². The van der Waals surface area contributed by atoms with E-state index >= 15 is 0 Å². The van der Waals surface area contributed by atoms with Crippen LogP contribution in [0.3, 0.4) is 0 Å². The molecule has 2 aromatic rings. The summed E-state index contributed by atoms with van der Waals surface area (Å²) >= 11 is 0. The number of rotatable bonds is 6. The van der Waals surface area contributed by atoms with E-state index in [1.54, 1.807) is 6.20 Å². The number of benzene rings is 1. The summed E-state index contributed by atoms with van der Waals surface area (Å²) in [6, 6.07) is 8.88. The van der Waals surface area contributed by atoms with E-state index in [1.807, 2.05) is 4.68 Å². The van der Waals surface area contributed by atoms with Gasteiger partial charge in [0, 0.05) is 13.1 Å². The van der Waals surface area contributed by atoms with Crippen LogP contribution in [0.15, 0.2) is 30.5 Å². The van der Waals surface area contributed by atoms with Crippen LogP contribution in [0.5, 0.6) is 0 Å². The molecule has 0 bridgehead atoms. The van der Waals surface area contributed by atoms with Crippen molar-refractivity contribution in [3.63, 3.8) is 0 Å². The highest BCUT2D eigenvalue weighted by atomic mass is 35.5. The summed E-state index contributed by atoms with van der Waals surface area (Å²) < 4.78 is 1.84. The van der Waals surface area contributed by atoms with E-state index in [9.17, 15) is 4.79 Å². The molecule has 2 saturated heterocycles. The van der Waals surface area contributed by atoms with Crippen LogP contribution < -0.4 is 10.6 Å². The zero-order valence-electron chi connectivity index (χ0n) is 17.3. The number of hydrogen-bond acceptors (Lipinski definition) is 5. The van der Waals surface area contributed by atoms with Gasteiger partial charge in [-0.3, -0.25) is 9.69 Å². The largest absolute Gasteiger partial charge is 0.347 e. The number of aromatic nitrogens is 3. The predicted octanol–water partition coefficient (Wildman–Crippen LogP) is 2.96. The van der Waals surface area contributed by atoms with Crippen LogP contribution in [0.1, 0.15) is 59.8 Å². The number of carbonyl (C=O) groups excluding carboxylic acids is 1. The van der Waals surface area contributed by atoms with Crippen molar-refractivity contribution in [3.05, 3.63) is 47.3 Å². The Morgan fingerprint density at radius 3 is 2.40 bits per heavy atom. The van der Waals surface area contributed by atoms with Crippen LogP contribution in [-0.4, -0.2) is 52.0 Å². The number of carbonyl (C=O) groups is 1. The highest BCUT2D eigenvalue weighted by molar-refractivity contribution is 5.91. The lowest BCUT2D eigenvalue weighted by Gasteiger charge is -2.26. The highest BCUT2D eigenvalue weighted by Crippen LogP contribution is 2.17. The zero-order valence-corrected chi connectivity index (χ0v) is 18.9. The molecule has 166 valence electrons. The molecule has 1 amide bonds. The zero-order chi connectivity index (χ0) is 19.2. The standard InChI is InChI=1S/C21H30N6O.2ClH/c28-21(20-16-27(25-24-20)19-8-10-22-11-9-19)23-14-17-4-6-18(7-5-17)15-26-12-2-1-3-13-26;;/h4-7,16,19,22H,1-3,8-15H2,(H,23,28);2*1H. The second kappa shape index (κ2) is 12.2. The van der Waals surface area contributed by atoms with Gasteiger partial charge in [0.1, 0.15) is 0 Å². The van der Waals surface area contributed by atoms with Crippen molar-refractivity contribution in [1.82, 2.24) is 30.5 Å². The first-order chi connectivity index (χ1) is 13.8. The average molecular weight is 455 g/mol. The van der Waals surface area contributed by atoms with Gasteiger partial charge in [0.25, 0.3) is 5.91 Å². The lowest BCUT2D eigenvalue weighted by Crippen LogP contribution is -2.29. The number of amides is 1. The van der Waals surface area contributed by atoms with Crippen LogP contribution in [0.25, 0.3) is 0 Å². The maximum absolute atomic E-state index is 12.4. The van der Waals surface area contributed by atoms with Crippen LogP contribution in [-0.2, 0) is 13.1 Å². The van der Waals surface area contributed by atoms with E-state index in [0.29, 0.717) is 18.3 Å². The van der Waals surface area contributed by atoms with Gasteiger partial charge in [0.05, 0.1) is 12.2 Å². The molecular formula is C21H32Cl2N6O. The Balaban J connectivity index is 0.00000160. The number of piperidine rings is 2. The van der Waals surface area contributed by atoms with Gasteiger partial charge in [-0.2, -0.15) is 0 Å². The van der Waals surface area contributed by atoms with Crippen molar-refractivity contribution in [1.29, 1.82) is 0 Å². The smallest absolute Gasteiger partial charge is 0.273 e. The lowest BCUT2D eigenvalue weighted by atomic mass is 10.1. The van der Waals surface area contributed by atoms with E-state index < -0.39 is 0 Å². The van der Waals surface area contributed by atoms with Crippen molar-refractivity contribution < 1.29 is 4.79 Å². The summed E-state index contributed by atoms with van der Waals surface area (Å²) in [6.45, 7) is 5.90. The van der Waals surface area contributed by atoms with Gasteiger partial charge in [-0.1, -0.05) is 35.9 Å². The third-order valence-corrected chi connectivity index (χ3v) is 5.76. The average Bonchev–Trinajstić information content (AvgIpc) is 3.25. The molecular weight excluding hydrogens is 423 g/mol. The summed E-state index contributed by atoms with van der Waals surface area (Å²) in [6.07, 6.45) is 7.80. The lowest BCUT2D eigenvalue weighted by molar-refractivity contribution is 0.0946. The quantitative estimate of drug-likeness (QED) is 0.701. The summed E-state index contributed by atoms with van der Waals surface area (Å²) in [4.78, 5) is 14.9. The maximum Gasteiger partial charge on any atom is 0.273 e. The number of halogens is 2. The Bertz CT molecular complexity index is 770. The summed E-state index contributed by atoms with van der Waals surface area (Å²) in [5.74, 6) is -0.169. The maximum atomic E-state index is 12.4. The van der Waals surface area contributed by atoms with Crippen molar-refractivity contribution >= 4 is 30.7 Å². The second-order valence-corrected chi connectivity index (χ2v) is 7.90. The van der Waals surface area contributed by atoms with Crippen LogP contribution in [0.2, 0.25) is 0 Å². The second-order valence-electron chi connectivity index (χ2n) is 7.90. The molecule has 3 heterocycles. The van der Waals surface area contributed by atoms with E-state index in [2.05, 4.69) is 50.1 Å². The van der Waals surface area contributed by atoms with Crippen molar-refractivity contribution in [2.45, 2.75) is 51.2 Å². The first-order valence-electron chi connectivity index (χ1n) is 10.5. The third-order valence-electron chi connectivity index (χ3n) is 5.76. The Kier molecular flexibility index (Phi) is 10.0. The van der Waals surface area contributed by atoms with Crippen LogP contribution >= 0.6 is 24.8 Å². The van der Waals surface area contributed by atoms with Gasteiger partial charge >= 0.3 is 0 Å². The molecule has 0 unspecified atom stereocenters. The first kappa shape index (κ1) is 24.6. The van der Waals surface area contributed by atoms with Gasteiger partial charge in [-0.25, -0.2) is 4.68 Å². The Labute approximate surface area is 190 Å². The molecule has 2 fully saturated rings. The Morgan fingerprint density at radius 2 is 1.70 bits per heavy atom. The molecule has 4 rings (SSSR count). The molecule has 1 aromatic heterocycles. The summed E-state index contributed by atoms with van der Waals surface area (Å²) in [7, 11) is 0. The molecule has 1 aromatic carbocycles. The molecule has 0 atom stereocenters. The molecule has 30 heavy (non-hydrogen) atoms. The molecule has 0 spiro atoms. The van der Waals surface area contributed by atoms with E-state index in [-0.39, 0.29) is 30.7 Å². The van der Waals surface area contributed by atoms with E-state index in [4.69, 9.17) is 0 Å². The topological polar surface area (TPSA) is 75.1 Å². The monoisotopic (exact) mass is 454 g/mol. The minimum absolute atomic E-state index is 0. The van der Waals surface area contributed by atoms with Gasteiger partial charge < -0.3 is 10.6 Å². The van der Waals surface area contributed by atoms with Crippen molar-refractivity contribution in [3.8, 4) is 0 Å². The molecule has 2 aliphatic rings. The molecule has 7 nitrogen and oxygen atoms in total. The molecule has 2 N–H and O–H groups in total. The fourth-order valence-electron chi connectivity index (χ4n) is 4.04. The number of hydrogen-bond donors (Lipinski definition) is 2. The number of nitrogens with one attached hydrogen (secondary N) is 2. The highest BCUT2D eigenvalue weighted by Gasteiger charge is 2.18. The fourth-order valence-corrected chi connectivity index (χ4v) is 4.04. The van der Waals surface area contributed by atoms with Gasteiger partial charge in [-0.15, -0.1) is 29.9 Å². The minimum atomic E-state index is -0.169. The van der Waals surface area contributed by atoms with Crippen molar-refractivity contribution in [2.24, 2.45) is 0 Å². The summed E-state index contributed by atoms with van der Waals surface area (Å²) in [5, 5.41) is 14.5. The molecule has 0 saturated carbocycles. The van der Waals surface area contributed by atoms with E-state index in [0.717, 1.165) is 38.0 Å². The minimum Gasteiger partial charge on any atom is -0.347 e. The third kappa shape index (κ3) is 6.67. The fraction of sp³-hybridized carbons (Fsp3) is 0.571. The first-order valence-corrected chi connectivity index (χ1v) is 10.5. The number of nitrogens with zero attached hydrogens (tertiary/aromatic N) is 4. The summed E-state index contributed by atoms with van der Waals surface area (Å²) in [5.41, 5.74) is 2.82.